The molecule has 0 unspecified atom stereocenters. The number of thioether (sulfide) groups is 1. The number of para-hydroxylation sites is 1. The highest BCUT2D eigenvalue weighted by atomic mass is 32.2. The van der Waals surface area contributed by atoms with Crippen molar-refractivity contribution in [3.8, 4) is 0 Å². The van der Waals surface area contributed by atoms with Gasteiger partial charge in [-0.05, 0) is 31.9 Å². The quantitative estimate of drug-likeness (QED) is 0.733. The third kappa shape index (κ3) is 3.55. The number of amides is 1. The standard InChI is InChI=1S/C19H25N5O2S/c1-3-23-18(22-10-12-26-13-11-22)20-21-19(23)27-14(2)17(25)24-9-8-15-6-4-5-7-16(15)24/h4-7,14H,3,8-13H2,1-2H3/t14-/m0/s1. The minimum atomic E-state index is -0.219. The molecule has 4 rings (SSSR count). The molecule has 1 fully saturated rings. The zero-order valence-electron chi connectivity index (χ0n) is 15.8. The van der Waals surface area contributed by atoms with Gasteiger partial charge >= 0.3 is 0 Å². The van der Waals surface area contributed by atoms with Crippen LogP contribution in [0.5, 0.6) is 0 Å². The molecule has 27 heavy (non-hydrogen) atoms. The molecular weight excluding hydrogens is 362 g/mol. The fourth-order valence-electron chi connectivity index (χ4n) is 3.64. The van der Waals surface area contributed by atoms with E-state index in [4.69, 9.17) is 4.74 Å². The van der Waals surface area contributed by atoms with Crippen LogP contribution in [0.1, 0.15) is 19.4 Å². The molecule has 1 atom stereocenters. The Balaban J connectivity index is 1.49. The van der Waals surface area contributed by atoms with Gasteiger partial charge in [-0.1, -0.05) is 30.0 Å². The summed E-state index contributed by atoms with van der Waals surface area (Å²) in [4.78, 5) is 17.1. The number of rotatable bonds is 5. The molecule has 7 nitrogen and oxygen atoms in total. The summed E-state index contributed by atoms with van der Waals surface area (Å²) in [6.07, 6.45) is 0.922. The SMILES string of the molecule is CCn1c(S[C@@H](C)C(=O)N2CCc3ccccc32)nnc1N1CCOCC1. The first-order valence-corrected chi connectivity index (χ1v) is 10.4. The Bertz CT molecular complexity index is 818. The number of nitrogens with zero attached hydrogens (tertiary/aromatic N) is 5. The summed E-state index contributed by atoms with van der Waals surface area (Å²) in [5.74, 6) is 0.998. The highest BCUT2D eigenvalue weighted by Crippen LogP contribution is 2.32. The number of carbonyl (C=O) groups excluding carboxylic acids is 1. The van der Waals surface area contributed by atoms with Crippen molar-refractivity contribution >= 4 is 29.3 Å². The van der Waals surface area contributed by atoms with Gasteiger partial charge < -0.3 is 14.5 Å². The topological polar surface area (TPSA) is 63.5 Å². The second-order valence-corrected chi connectivity index (χ2v) is 8.06. The number of hydrogen-bond donors (Lipinski definition) is 0. The number of morpholine rings is 1. The van der Waals surface area contributed by atoms with E-state index in [-0.39, 0.29) is 11.2 Å². The average molecular weight is 388 g/mol. The van der Waals surface area contributed by atoms with Gasteiger partial charge in [-0.15, -0.1) is 10.2 Å². The molecular formula is C19H25N5O2S. The van der Waals surface area contributed by atoms with Crippen LogP contribution in [-0.2, 0) is 22.5 Å². The van der Waals surface area contributed by atoms with Crippen molar-refractivity contribution in [2.45, 2.75) is 37.2 Å². The van der Waals surface area contributed by atoms with Gasteiger partial charge in [-0.2, -0.15) is 0 Å². The average Bonchev–Trinajstić information content (AvgIpc) is 3.32. The lowest BCUT2D eigenvalue weighted by Gasteiger charge is -2.27. The van der Waals surface area contributed by atoms with Crippen molar-refractivity contribution in [1.82, 2.24) is 14.8 Å². The Morgan fingerprint density at radius 1 is 1.22 bits per heavy atom. The third-order valence-electron chi connectivity index (χ3n) is 5.09. The van der Waals surface area contributed by atoms with Crippen LogP contribution in [0.25, 0.3) is 0 Å². The predicted octanol–water partition coefficient (Wildman–Crippen LogP) is 2.20. The van der Waals surface area contributed by atoms with E-state index in [0.29, 0.717) is 13.2 Å². The summed E-state index contributed by atoms with van der Waals surface area (Å²) in [6, 6.07) is 8.15. The summed E-state index contributed by atoms with van der Waals surface area (Å²) in [5.41, 5.74) is 2.29. The van der Waals surface area contributed by atoms with Crippen molar-refractivity contribution in [2.24, 2.45) is 0 Å². The summed E-state index contributed by atoms with van der Waals surface area (Å²) in [5, 5.41) is 9.35. The summed E-state index contributed by atoms with van der Waals surface area (Å²) < 4.78 is 7.52. The number of carbonyl (C=O) groups is 1. The van der Waals surface area contributed by atoms with E-state index in [0.717, 1.165) is 49.4 Å². The second kappa shape index (κ2) is 7.90. The molecule has 0 bridgehead atoms. The number of anilines is 2. The van der Waals surface area contributed by atoms with Crippen LogP contribution in [-0.4, -0.2) is 58.8 Å². The Kier molecular flexibility index (Phi) is 5.36. The molecule has 1 amide bonds. The zero-order valence-corrected chi connectivity index (χ0v) is 16.6. The second-order valence-electron chi connectivity index (χ2n) is 6.75. The Labute approximate surface area is 163 Å². The van der Waals surface area contributed by atoms with E-state index < -0.39 is 0 Å². The van der Waals surface area contributed by atoms with Gasteiger partial charge in [0.15, 0.2) is 5.16 Å². The smallest absolute Gasteiger partial charge is 0.240 e. The van der Waals surface area contributed by atoms with Gasteiger partial charge in [0, 0.05) is 31.9 Å². The minimum absolute atomic E-state index is 0.128. The molecule has 0 spiro atoms. The molecule has 0 aliphatic carbocycles. The fraction of sp³-hybridized carbons (Fsp3) is 0.526. The maximum Gasteiger partial charge on any atom is 0.240 e. The van der Waals surface area contributed by atoms with Gasteiger partial charge in [0.25, 0.3) is 0 Å². The molecule has 1 aromatic heterocycles. The normalized spacial score (nSPS) is 17.9. The van der Waals surface area contributed by atoms with Crippen LogP contribution < -0.4 is 9.80 Å². The van der Waals surface area contributed by atoms with E-state index in [1.54, 1.807) is 0 Å². The molecule has 2 aromatic rings. The highest BCUT2D eigenvalue weighted by Gasteiger charge is 2.30. The van der Waals surface area contributed by atoms with Crippen LogP contribution in [0.3, 0.4) is 0 Å². The summed E-state index contributed by atoms with van der Waals surface area (Å²) in [7, 11) is 0. The van der Waals surface area contributed by atoms with Crippen LogP contribution in [0.15, 0.2) is 29.4 Å². The number of ether oxygens (including phenoxy) is 1. The predicted molar refractivity (Wildman–Crippen MR) is 107 cm³/mol. The van der Waals surface area contributed by atoms with Gasteiger partial charge in [-0.25, -0.2) is 0 Å². The zero-order chi connectivity index (χ0) is 18.8. The van der Waals surface area contributed by atoms with Gasteiger partial charge in [0.05, 0.1) is 18.5 Å². The number of benzene rings is 1. The van der Waals surface area contributed by atoms with Crippen molar-refractivity contribution in [3.63, 3.8) is 0 Å². The molecule has 2 aliphatic heterocycles. The maximum atomic E-state index is 13.0. The third-order valence-corrected chi connectivity index (χ3v) is 6.16. The van der Waals surface area contributed by atoms with E-state index >= 15 is 0 Å². The van der Waals surface area contributed by atoms with E-state index in [9.17, 15) is 4.79 Å². The van der Waals surface area contributed by atoms with Crippen molar-refractivity contribution in [2.75, 3.05) is 42.6 Å². The number of hydrogen-bond acceptors (Lipinski definition) is 6. The number of fused-ring (bicyclic) bond motifs is 1. The molecule has 1 aromatic carbocycles. The molecule has 0 N–H and O–H groups in total. The van der Waals surface area contributed by atoms with Crippen molar-refractivity contribution in [1.29, 1.82) is 0 Å². The molecule has 144 valence electrons. The minimum Gasteiger partial charge on any atom is -0.378 e. The molecule has 0 saturated carbocycles. The van der Waals surface area contributed by atoms with E-state index in [1.807, 2.05) is 30.0 Å². The lowest BCUT2D eigenvalue weighted by Crippen LogP contribution is -2.38. The van der Waals surface area contributed by atoms with E-state index in [2.05, 4.69) is 32.7 Å². The molecule has 0 radical (unpaired) electrons. The van der Waals surface area contributed by atoms with Gasteiger partial charge in [0.1, 0.15) is 0 Å². The Morgan fingerprint density at radius 2 is 2.00 bits per heavy atom. The number of aromatic nitrogens is 3. The Hall–Kier alpha value is -2.06. The molecule has 1 saturated heterocycles. The molecule has 3 heterocycles. The van der Waals surface area contributed by atoms with E-state index in [1.165, 1.54) is 17.3 Å². The first-order valence-electron chi connectivity index (χ1n) is 9.51. The lowest BCUT2D eigenvalue weighted by molar-refractivity contribution is -0.117. The fourth-order valence-corrected chi connectivity index (χ4v) is 4.61. The summed E-state index contributed by atoms with van der Waals surface area (Å²) in [6.45, 7) is 8.63. The molecule has 2 aliphatic rings. The van der Waals surface area contributed by atoms with Crippen molar-refractivity contribution < 1.29 is 9.53 Å². The summed E-state index contributed by atoms with van der Waals surface area (Å²) >= 11 is 1.49. The van der Waals surface area contributed by atoms with Gasteiger partial charge in [0.2, 0.25) is 11.9 Å². The first-order chi connectivity index (χ1) is 13.2. The van der Waals surface area contributed by atoms with Crippen molar-refractivity contribution in [3.05, 3.63) is 29.8 Å². The van der Waals surface area contributed by atoms with Crippen LogP contribution >= 0.6 is 11.8 Å². The van der Waals surface area contributed by atoms with Gasteiger partial charge in [-0.3, -0.25) is 9.36 Å². The monoisotopic (exact) mass is 387 g/mol. The first kappa shape index (κ1) is 18.3. The lowest BCUT2D eigenvalue weighted by atomic mass is 10.2. The van der Waals surface area contributed by atoms with Crippen LogP contribution in [0.4, 0.5) is 11.6 Å². The van der Waals surface area contributed by atoms with Crippen LogP contribution in [0, 0.1) is 0 Å². The van der Waals surface area contributed by atoms with Crippen LogP contribution in [0.2, 0.25) is 0 Å². The molecule has 8 heteroatoms. The Morgan fingerprint density at radius 3 is 2.78 bits per heavy atom. The highest BCUT2D eigenvalue weighted by molar-refractivity contribution is 8.00. The maximum absolute atomic E-state index is 13.0. The largest absolute Gasteiger partial charge is 0.378 e.